The Morgan fingerprint density at radius 1 is 1.27 bits per heavy atom. The van der Waals surface area contributed by atoms with Gasteiger partial charge in [0.1, 0.15) is 0 Å². The van der Waals surface area contributed by atoms with Crippen LogP contribution in [0.4, 0.5) is 5.13 Å². The molecule has 0 radical (unpaired) electrons. The van der Waals surface area contributed by atoms with E-state index in [-0.39, 0.29) is 0 Å². The van der Waals surface area contributed by atoms with E-state index in [1.54, 1.807) is 11.3 Å². The van der Waals surface area contributed by atoms with Crippen molar-refractivity contribution in [1.82, 2.24) is 15.2 Å². The summed E-state index contributed by atoms with van der Waals surface area (Å²) in [5.74, 6) is 0.648. The zero-order valence-electron chi connectivity index (χ0n) is 8.23. The third-order valence-corrected chi connectivity index (χ3v) is 4.25. The molecule has 0 aliphatic heterocycles. The van der Waals surface area contributed by atoms with Crippen LogP contribution in [0.15, 0.2) is 0 Å². The van der Waals surface area contributed by atoms with Crippen LogP contribution in [0, 0.1) is 6.92 Å². The number of nitrogens with two attached hydrogens (primary N) is 1. The zero-order chi connectivity index (χ0) is 10.4. The summed E-state index contributed by atoms with van der Waals surface area (Å²) >= 11 is 3.13. The highest BCUT2D eigenvalue weighted by Gasteiger charge is 2.30. The van der Waals surface area contributed by atoms with Gasteiger partial charge in [-0.05, 0) is 19.8 Å². The van der Waals surface area contributed by atoms with Crippen molar-refractivity contribution in [3.8, 4) is 9.88 Å². The van der Waals surface area contributed by atoms with Crippen molar-refractivity contribution >= 4 is 27.8 Å². The van der Waals surface area contributed by atoms with Crippen LogP contribution in [-0.4, -0.2) is 15.2 Å². The molecule has 0 bridgehead atoms. The Hall–Kier alpha value is -1.01. The second-order valence-electron chi connectivity index (χ2n) is 3.67. The maximum atomic E-state index is 5.59. The Morgan fingerprint density at radius 3 is 2.67 bits per heavy atom. The quantitative estimate of drug-likeness (QED) is 0.872. The number of hydrogen-bond acceptors (Lipinski definition) is 6. The van der Waals surface area contributed by atoms with Gasteiger partial charge in [-0.25, -0.2) is 4.98 Å². The Labute approximate surface area is 95.2 Å². The lowest BCUT2D eigenvalue weighted by molar-refractivity contribution is 1.03. The summed E-state index contributed by atoms with van der Waals surface area (Å²) in [7, 11) is 0. The van der Waals surface area contributed by atoms with Gasteiger partial charge >= 0.3 is 0 Å². The second-order valence-corrected chi connectivity index (χ2v) is 5.88. The largest absolute Gasteiger partial charge is 0.374 e. The van der Waals surface area contributed by atoms with Gasteiger partial charge in [0.2, 0.25) is 5.13 Å². The molecule has 1 aliphatic rings. The van der Waals surface area contributed by atoms with E-state index >= 15 is 0 Å². The first-order valence-corrected chi connectivity index (χ1v) is 6.44. The third-order valence-electron chi connectivity index (χ3n) is 2.36. The van der Waals surface area contributed by atoms with Gasteiger partial charge in [0.05, 0.1) is 15.6 Å². The monoisotopic (exact) mass is 238 g/mol. The molecule has 2 aromatic rings. The number of aryl methyl sites for hydroxylation is 1. The number of anilines is 1. The van der Waals surface area contributed by atoms with Gasteiger partial charge in [-0.15, -0.1) is 21.5 Å². The number of aromatic nitrogens is 3. The topological polar surface area (TPSA) is 64.7 Å². The molecule has 3 rings (SSSR count). The summed E-state index contributed by atoms with van der Waals surface area (Å²) < 4.78 is 0. The first kappa shape index (κ1) is 9.23. The molecule has 15 heavy (non-hydrogen) atoms. The molecule has 0 spiro atoms. The van der Waals surface area contributed by atoms with Gasteiger partial charge in [0.25, 0.3) is 0 Å². The molecule has 1 saturated carbocycles. The first-order chi connectivity index (χ1) is 7.24. The highest BCUT2D eigenvalue weighted by atomic mass is 32.1. The number of rotatable bonds is 2. The number of nitrogens with zero attached hydrogens (tertiary/aromatic N) is 3. The van der Waals surface area contributed by atoms with Crippen LogP contribution < -0.4 is 5.73 Å². The van der Waals surface area contributed by atoms with E-state index in [2.05, 4.69) is 15.2 Å². The fourth-order valence-electron chi connectivity index (χ4n) is 1.56. The van der Waals surface area contributed by atoms with Crippen molar-refractivity contribution in [3.63, 3.8) is 0 Å². The summed E-state index contributed by atoms with van der Waals surface area (Å²) in [6, 6.07) is 0. The normalized spacial score (nSPS) is 15.8. The van der Waals surface area contributed by atoms with Crippen LogP contribution in [0.3, 0.4) is 0 Å². The Bertz CT molecular complexity index is 498. The lowest BCUT2D eigenvalue weighted by Gasteiger charge is -1.93. The minimum atomic E-state index is 0.526. The molecule has 4 nitrogen and oxygen atoms in total. The summed E-state index contributed by atoms with van der Waals surface area (Å²) in [6.07, 6.45) is 2.51. The van der Waals surface area contributed by atoms with E-state index in [9.17, 15) is 0 Å². The van der Waals surface area contributed by atoms with Crippen LogP contribution in [0.5, 0.6) is 0 Å². The van der Waals surface area contributed by atoms with E-state index in [1.807, 2.05) is 6.92 Å². The molecule has 2 N–H and O–H groups in total. The van der Waals surface area contributed by atoms with E-state index in [4.69, 9.17) is 5.73 Å². The molecule has 2 aromatic heterocycles. The van der Waals surface area contributed by atoms with Crippen LogP contribution in [0.25, 0.3) is 9.88 Å². The Kier molecular flexibility index (Phi) is 2.00. The molecule has 1 aliphatic carbocycles. The number of hydrogen-bond donors (Lipinski definition) is 1. The lowest BCUT2D eigenvalue weighted by atomic mass is 10.2. The van der Waals surface area contributed by atoms with Crippen LogP contribution in [0.1, 0.15) is 29.5 Å². The molecule has 0 saturated heterocycles. The van der Waals surface area contributed by atoms with Crippen molar-refractivity contribution in [2.45, 2.75) is 25.7 Å². The van der Waals surface area contributed by atoms with E-state index in [0.717, 1.165) is 10.0 Å². The first-order valence-electron chi connectivity index (χ1n) is 4.80. The lowest BCUT2D eigenvalue weighted by Crippen LogP contribution is -1.83. The molecule has 1 fully saturated rings. The predicted octanol–water partition coefficient (Wildman–Crippen LogP) is 2.43. The van der Waals surface area contributed by atoms with Gasteiger partial charge in [0, 0.05) is 5.92 Å². The standard InChI is InChI=1S/C9H10N4S2/c1-4-11-6(5-2-3-5)7(14-4)8-12-13-9(10)15-8/h5H,2-3H2,1H3,(H2,10,13). The average molecular weight is 238 g/mol. The van der Waals surface area contributed by atoms with Gasteiger partial charge < -0.3 is 5.73 Å². The van der Waals surface area contributed by atoms with Crippen molar-refractivity contribution < 1.29 is 0 Å². The highest BCUT2D eigenvalue weighted by Crippen LogP contribution is 2.46. The van der Waals surface area contributed by atoms with E-state index < -0.39 is 0 Å². The number of thiazole rings is 1. The summed E-state index contributed by atoms with van der Waals surface area (Å²) in [6.45, 7) is 2.03. The fraction of sp³-hybridized carbons (Fsp3) is 0.444. The molecular weight excluding hydrogens is 228 g/mol. The highest BCUT2D eigenvalue weighted by molar-refractivity contribution is 7.23. The maximum absolute atomic E-state index is 5.59. The van der Waals surface area contributed by atoms with Crippen molar-refractivity contribution in [1.29, 1.82) is 0 Å². The smallest absolute Gasteiger partial charge is 0.203 e. The summed E-state index contributed by atoms with van der Waals surface area (Å²) in [4.78, 5) is 5.75. The summed E-state index contributed by atoms with van der Waals surface area (Å²) in [5.41, 5.74) is 6.80. The second kappa shape index (κ2) is 3.24. The predicted molar refractivity (Wildman–Crippen MR) is 62.1 cm³/mol. The van der Waals surface area contributed by atoms with Crippen molar-refractivity contribution in [2.24, 2.45) is 0 Å². The minimum Gasteiger partial charge on any atom is -0.374 e. The third kappa shape index (κ3) is 1.63. The van der Waals surface area contributed by atoms with Gasteiger partial charge in [0.15, 0.2) is 5.01 Å². The molecule has 0 aromatic carbocycles. The van der Waals surface area contributed by atoms with Crippen LogP contribution in [0.2, 0.25) is 0 Å². The molecule has 78 valence electrons. The van der Waals surface area contributed by atoms with Crippen molar-refractivity contribution in [2.75, 3.05) is 5.73 Å². The van der Waals surface area contributed by atoms with Gasteiger partial charge in [-0.2, -0.15) is 0 Å². The van der Waals surface area contributed by atoms with Gasteiger partial charge in [-0.1, -0.05) is 11.3 Å². The zero-order valence-corrected chi connectivity index (χ0v) is 9.86. The van der Waals surface area contributed by atoms with E-state index in [1.165, 1.54) is 34.7 Å². The SMILES string of the molecule is Cc1nc(C2CC2)c(-c2nnc(N)s2)s1. The molecule has 0 amide bonds. The van der Waals surface area contributed by atoms with Crippen LogP contribution in [-0.2, 0) is 0 Å². The maximum Gasteiger partial charge on any atom is 0.203 e. The average Bonchev–Trinajstić information content (AvgIpc) is 2.85. The molecule has 0 atom stereocenters. The fourth-order valence-corrected chi connectivity index (χ4v) is 3.25. The molecular formula is C9H10N4S2. The number of nitrogen functional groups attached to an aromatic ring is 1. The Balaban J connectivity index is 2.09. The van der Waals surface area contributed by atoms with Crippen LogP contribution >= 0.6 is 22.7 Å². The Morgan fingerprint density at radius 2 is 2.07 bits per heavy atom. The minimum absolute atomic E-state index is 0.526. The van der Waals surface area contributed by atoms with Crippen molar-refractivity contribution in [3.05, 3.63) is 10.7 Å². The van der Waals surface area contributed by atoms with E-state index in [0.29, 0.717) is 11.0 Å². The molecule has 6 heteroatoms. The van der Waals surface area contributed by atoms with Gasteiger partial charge in [-0.3, -0.25) is 0 Å². The molecule has 2 heterocycles. The molecule has 0 unspecified atom stereocenters. The summed E-state index contributed by atoms with van der Waals surface area (Å²) in [5, 5.41) is 10.5.